The van der Waals surface area contributed by atoms with Crippen molar-refractivity contribution >= 4 is 0 Å². The lowest BCUT2D eigenvalue weighted by molar-refractivity contribution is -0.890. The lowest BCUT2D eigenvalue weighted by Gasteiger charge is -2.30. The summed E-state index contributed by atoms with van der Waals surface area (Å²) < 4.78 is 2.47. The van der Waals surface area contributed by atoms with Gasteiger partial charge in [-0.25, -0.2) is 0 Å². The summed E-state index contributed by atoms with van der Waals surface area (Å²) in [6.07, 6.45) is 28.3. The number of rotatable bonds is 24. The van der Waals surface area contributed by atoms with Crippen LogP contribution in [0, 0.1) is 0 Å². The SMILES string of the molecule is CCCCCCC[N+](C)(C)CCCCCCC.CCCCCCC[N+](C)(C)CCCCCCC.[Br-].[I-]. The molecule has 0 atom stereocenters. The van der Waals surface area contributed by atoms with Crippen molar-refractivity contribution in [1.82, 2.24) is 0 Å². The first-order valence-corrected chi connectivity index (χ1v) is 15.9. The number of hydrogen-bond donors (Lipinski definition) is 0. The first kappa shape index (κ1) is 44.2. The van der Waals surface area contributed by atoms with E-state index >= 15 is 0 Å². The normalized spacial score (nSPS) is 11.3. The Labute approximate surface area is 259 Å². The Hall–Kier alpha value is 1.13. The highest BCUT2D eigenvalue weighted by Gasteiger charge is 2.14. The van der Waals surface area contributed by atoms with Gasteiger partial charge in [0, 0.05) is 0 Å². The Kier molecular flexibility index (Phi) is 39.7. The van der Waals surface area contributed by atoms with Crippen LogP contribution in [0.1, 0.15) is 156 Å². The fourth-order valence-corrected chi connectivity index (χ4v) is 4.80. The molecule has 0 aliphatic carbocycles. The van der Waals surface area contributed by atoms with Crippen molar-refractivity contribution in [2.45, 2.75) is 156 Å². The van der Waals surface area contributed by atoms with Crippen molar-refractivity contribution in [2.24, 2.45) is 0 Å². The van der Waals surface area contributed by atoms with E-state index in [1.165, 1.54) is 164 Å². The van der Waals surface area contributed by atoms with E-state index < -0.39 is 0 Å². The second-order valence-corrected chi connectivity index (χ2v) is 12.4. The summed E-state index contributed by atoms with van der Waals surface area (Å²) in [7, 11) is 9.61. The molecule has 0 saturated heterocycles. The molecule has 0 amide bonds. The first-order chi connectivity index (χ1) is 16.2. The molecule has 0 aromatic rings. The molecule has 0 saturated carbocycles. The Balaban J connectivity index is -0.000000269. The van der Waals surface area contributed by atoms with Crippen LogP contribution in [0.15, 0.2) is 0 Å². The van der Waals surface area contributed by atoms with Crippen molar-refractivity contribution < 1.29 is 49.9 Å². The van der Waals surface area contributed by atoms with Gasteiger partial charge >= 0.3 is 0 Å². The Morgan fingerprint density at radius 3 is 0.639 bits per heavy atom. The molecule has 0 aliphatic rings. The molecule has 0 aromatic carbocycles. The van der Waals surface area contributed by atoms with Crippen LogP contribution in [0.4, 0.5) is 0 Å². The average molecular weight is 692 g/mol. The number of halogens is 2. The van der Waals surface area contributed by atoms with Gasteiger partial charge in [-0.3, -0.25) is 0 Å². The standard InChI is InChI=1S/2C16H36N.BrH.HI/c2*1-5-7-9-11-13-15-17(3,4)16-14-12-10-8-6-2;;/h2*5-16H2,1-4H3;2*1H/q2*+1;;/p-2. The number of unbranched alkanes of at least 4 members (excludes halogenated alkanes) is 16. The third kappa shape index (κ3) is 37.3. The molecule has 0 aliphatic heterocycles. The monoisotopic (exact) mass is 690 g/mol. The van der Waals surface area contributed by atoms with Gasteiger partial charge in [0.1, 0.15) is 0 Å². The second kappa shape index (κ2) is 32.3. The first-order valence-electron chi connectivity index (χ1n) is 15.9. The third-order valence-corrected chi connectivity index (χ3v) is 7.47. The molecule has 0 radical (unpaired) electrons. The van der Waals surface area contributed by atoms with Gasteiger partial charge in [0.2, 0.25) is 0 Å². The molecule has 0 N–H and O–H groups in total. The molecule has 0 bridgehead atoms. The van der Waals surface area contributed by atoms with Crippen molar-refractivity contribution in [2.75, 3.05) is 54.4 Å². The summed E-state index contributed by atoms with van der Waals surface area (Å²) >= 11 is 0. The zero-order valence-electron chi connectivity index (χ0n) is 26.6. The highest BCUT2D eigenvalue weighted by Crippen LogP contribution is 2.11. The van der Waals surface area contributed by atoms with E-state index in [2.05, 4.69) is 55.9 Å². The van der Waals surface area contributed by atoms with Gasteiger partial charge in [0.25, 0.3) is 0 Å². The molecule has 36 heavy (non-hydrogen) atoms. The summed E-state index contributed by atoms with van der Waals surface area (Å²) in [6.45, 7) is 14.6. The van der Waals surface area contributed by atoms with Crippen LogP contribution in [-0.2, 0) is 0 Å². The van der Waals surface area contributed by atoms with E-state index in [1.807, 2.05) is 0 Å². The lowest BCUT2D eigenvalue weighted by atomic mass is 10.1. The Morgan fingerprint density at radius 1 is 0.306 bits per heavy atom. The van der Waals surface area contributed by atoms with Gasteiger partial charge in [-0.05, 0) is 51.4 Å². The predicted octanol–water partition coefficient (Wildman–Crippen LogP) is 4.02. The highest BCUT2D eigenvalue weighted by molar-refractivity contribution is 4.47. The molecule has 0 aromatic heterocycles. The fraction of sp³-hybridized carbons (Fsp3) is 1.00. The van der Waals surface area contributed by atoms with Crippen LogP contribution < -0.4 is 41.0 Å². The van der Waals surface area contributed by atoms with Gasteiger partial charge in [0.05, 0.1) is 54.4 Å². The van der Waals surface area contributed by atoms with E-state index in [4.69, 9.17) is 0 Å². The lowest BCUT2D eigenvalue weighted by Crippen LogP contribution is -3.00. The molecule has 0 heterocycles. The minimum Gasteiger partial charge on any atom is -1.00 e. The minimum absolute atomic E-state index is 0. The maximum atomic E-state index is 2.40. The quantitative estimate of drug-likeness (QED) is 0.0816. The molecule has 224 valence electrons. The highest BCUT2D eigenvalue weighted by atomic mass is 127. The van der Waals surface area contributed by atoms with Crippen LogP contribution in [0.3, 0.4) is 0 Å². The molecular weight excluding hydrogens is 619 g/mol. The fourth-order valence-electron chi connectivity index (χ4n) is 4.80. The van der Waals surface area contributed by atoms with Crippen LogP contribution in [0.25, 0.3) is 0 Å². The Morgan fingerprint density at radius 2 is 0.472 bits per heavy atom. The third-order valence-electron chi connectivity index (χ3n) is 7.47. The van der Waals surface area contributed by atoms with Crippen molar-refractivity contribution in [3.05, 3.63) is 0 Å². The van der Waals surface area contributed by atoms with E-state index in [1.54, 1.807) is 0 Å². The molecular formula is C32H72BrIN2. The molecule has 0 fully saturated rings. The van der Waals surface area contributed by atoms with E-state index in [0.717, 1.165) is 0 Å². The van der Waals surface area contributed by atoms with Gasteiger partial charge in [-0.2, -0.15) is 0 Å². The zero-order chi connectivity index (χ0) is 26.0. The average Bonchev–Trinajstić information content (AvgIpc) is 2.79. The number of hydrogen-bond acceptors (Lipinski definition) is 0. The van der Waals surface area contributed by atoms with Crippen LogP contribution in [0.5, 0.6) is 0 Å². The molecule has 2 nitrogen and oxygen atoms in total. The maximum absolute atomic E-state index is 2.40. The van der Waals surface area contributed by atoms with Gasteiger partial charge in [0.15, 0.2) is 0 Å². The van der Waals surface area contributed by atoms with E-state index in [9.17, 15) is 0 Å². The van der Waals surface area contributed by atoms with Gasteiger partial charge < -0.3 is 49.9 Å². The van der Waals surface area contributed by atoms with Crippen molar-refractivity contribution in [1.29, 1.82) is 0 Å². The van der Waals surface area contributed by atoms with Crippen LogP contribution in [-0.4, -0.2) is 63.3 Å². The topological polar surface area (TPSA) is 0 Å². The van der Waals surface area contributed by atoms with Crippen molar-refractivity contribution in [3.8, 4) is 0 Å². The van der Waals surface area contributed by atoms with Crippen LogP contribution in [0.2, 0.25) is 0 Å². The summed E-state index contributed by atoms with van der Waals surface area (Å²) in [5, 5.41) is 0. The van der Waals surface area contributed by atoms with Gasteiger partial charge in [-0.1, -0.05) is 105 Å². The van der Waals surface area contributed by atoms with E-state index in [0.29, 0.717) is 0 Å². The molecule has 0 spiro atoms. The number of quaternary nitrogens is 2. The summed E-state index contributed by atoms with van der Waals surface area (Å²) in [4.78, 5) is 0. The molecule has 0 unspecified atom stereocenters. The van der Waals surface area contributed by atoms with Crippen LogP contribution >= 0.6 is 0 Å². The Bertz CT molecular complexity index is 320. The summed E-state index contributed by atoms with van der Waals surface area (Å²) in [5.41, 5.74) is 0. The minimum atomic E-state index is 0. The van der Waals surface area contributed by atoms with E-state index in [-0.39, 0.29) is 41.0 Å². The zero-order valence-corrected chi connectivity index (χ0v) is 30.4. The molecule has 4 heteroatoms. The smallest absolute Gasteiger partial charge is 0.0782 e. The summed E-state index contributed by atoms with van der Waals surface area (Å²) in [5.74, 6) is 0. The number of nitrogens with zero attached hydrogens (tertiary/aromatic N) is 2. The maximum Gasteiger partial charge on any atom is 0.0782 e. The predicted molar refractivity (Wildman–Crippen MR) is 159 cm³/mol. The summed E-state index contributed by atoms with van der Waals surface area (Å²) in [6, 6.07) is 0. The van der Waals surface area contributed by atoms with Crippen molar-refractivity contribution in [3.63, 3.8) is 0 Å². The molecule has 0 rings (SSSR count). The largest absolute Gasteiger partial charge is 1.00 e. The second-order valence-electron chi connectivity index (χ2n) is 12.4. The van der Waals surface area contributed by atoms with Gasteiger partial charge in [-0.15, -0.1) is 0 Å².